The molecule has 1 heterocycles. The van der Waals surface area contributed by atoms with Crippen molar-refractivity contribution in [3.05, 3.63) is 34.7 Å². The van der Waals surface area contributed by atoms with Gasteiger partial charge in [0.25, 0.3) is 0 Å². The fraction of sp³-hybridized carbons (Fsp3) is 0.385. The third-order valence-corrected chi connectivity index (χ3v) is 3.71. The van der Waals surface area contributed by atoms with Crippen molar-refractivity contribution in [2.75, 3.05) is 13.1 Å². The van der Waals surface area contributed by atoms with E-state index >= 15 is 0 Å². The molecule has 86 valence electrons. The first-order valence-electron chi connectivity index (χ1n) is 5.61. The van der Waals surface area contributed by atoms with Crippen molar-refractivity contribution >= 4 is 24.2 Å². The molecule has 1 aliphatic heterocycles. The van der Waals surface area contributed by atoms with Crippen molar-refractivity contribution in [1.29, 1.82) is 0 Å². The summed E-state index contributed by atoms with van der Waals surface area (Å²) in [6.07, 6.45) is 4.64. The average molecular weight is 237 g/mol. The highest BCUT2D eigenvalue weighted by Gasteiger charge is 2.35. The van der Waals surface area contributed by atoms with E-state index in [9.17, 15) is 0 Å². The van der Waals surface area contributed by atoms with Gasteiger partial charge in [-0.25, -0.2) is 0 Å². The molecule has 1 aromatic carbocycles. The van der Waals surface area contributed by atoms with E-state index in [-0.39, 0.29) is 17.8 Å². The molecule has 0 amide bonds. The molecule has 3 heteroatoms. The van der Waals surface area contributed by atoms with Gasteiger partial charge in [0.1, 0.15) is 0 Å². The van der Waals surface area contributed by atoms with Gasteiger partial charge in [0, 0.05) is 16.3 Å². The summed E-state index contributed by atoms with van der Waals surface area (Å²) in [7, 11) is 0. The standard InChI is InChI=1S/C13H16N2.ClH/c14-12-11-4-2-1-3-10(11)9-13(12)5-7-15-8-6-13;/h1-4,9,15H,5-8,14H2;1H. The second-order valence-electron chi connectivity index (χ2n) is 4.55. The van der Waals surface area contributed by atoms with E-state index in [4.69, 9.17) is 5.73 Å². The van der Waals surface area contributed by atoms with Crippen LogP contribution in [0.2, 0.25) is 0 Å². The van der Waals surface area contributed by atoms with Crippen LogP contribution in [0.1, 0.15) is 12.8 Å². The number of piperidine rings is 1. The molecule has 3 N–H and O–H groups in total. The molecule has 1 spiro atoms. The molecule has 0 atom stereocenters. The Bertz CT molecular complexity index is 501. The SMILES string of the molecule is Cl.NC1=c2ccccc2=CC12CCNCC2. The van der Waals surface area contributed by atoms with Gasteiger partial charge in [0.2, 0.25) is 0 Å². The van der Waals surface area contributed by atoms with E-state index in [0.717, 1.165) is 31.6 Å². The number of nitrogens with one attached hydrogen (secondary N) is 1. The van der Waals surface area contributed by atoms with Crippen LogP contribution >= 0.6 is 12.4 Å². The lowest BCUT2D eigenvalue weighted by Crippen LogP contribution is -2.38. The van der Waals surface area contributed by atoms with E-state index in [1.807, 2.05) is 0 Å². The Labute approximate surface area is 102 Å². The lowest BCUT2D eigenvalue weighted by Gasteiger charge is -2.33. The van der Waals surface area contributed by atoms with Crippen LogP contribution in [-0.4, -0.2) is 13.1 Å². The predicted molar refractivity (Wildman–Crippen MR) is 69.5 cm³/mol. The van der Waals surface area contributed by atoms with E-state index in [1.54, 1.807) is 0 Å². The second-order valence-corrected chi connectivity index (χ2v) is 4.55. The number of hydrogen-bond acceptors (Lipinski definition) is 2. The van der Waals surface area contributed by atoms with Crippen molar-refractivity contribution in [3.63, 3.8) is 0 Å². The predicted octanol–water partition coefficient (Wildman–Crippen LogP) is 0.339. The van der Waals surface area contributed by atoms with Gasteiger partial charge in [-0.3, -0.25) is 0 Å². The maximum absolute atomic E-state index is 6.31. The smallest absolute Gasteiger partial charge is 0.0317 e. The van der Waals surface area contributed by atoms with Crippen LogP contribution in [0.5, 0.6) is 0 Å². The van der Waals surface area contributed by atoms with Gasteiger partial charge < -0.3 is 11.1 Å². The number of hydrogen-bond donors (Lipinski definition) is 2. The molecule has 1 aliphatic carbocycles. The van der Waals surface area contributed by atoms with Crippen LogP contribution in [-0.2, 0) is 0 Å². The van der Waals surface area contributed by atoms with Crippen molar-refractivity contribution in [2.24, 2.45) is 11.1 Å². The molecule has 2 aliphatic rings. The van der Waals surface area contributed by atoms with Crippen LogP contribution in [0.4, 0.5) is 0 Å². The van der Waals surface area contributed by atoms with E-state index < -0.39 is 0 Å². The molecule has 1 aromatic rings. The molecule has 0 aromatic heterocycles. The summed E-state index contributed by atoms with van der Waals surface area (Å²) in [5.41, 5.74) is 7.54. The van der Waals surface area contributed by atoms with Crippen LogP contribution in [0.25, 0.3) is 11.8 Å². The maximum atomic E-state index is 6.31. The summed E-state index contributed by atoms with van der Waals surface area (Å²) >= 11 is 0. The van der Waals surface area contributed by atoms with Crippen molar-refractivity contribution in [2.45, 2.75) is 12.8 Å². The number of fused-ring (bicyclic) bond motifs is 1. The maximum Gasteiger partial charge on any atom is 0.0317 e. The molecule has 0 unspecified atom stereocenters. The van der Waals surface area contributed by atoms with E-state index in [1.165, 1.54) is 10.4 Å². The number of halogens is 1. The third-order valence-electron chi connectivity index (χ3n) is 3.71. The fourth-order valence-electron chi connectivity index (χ4n) is 2.80. The molecular formula is C13H17ClN2. The van der Waals surface area contributed by atoms with Gasteiger partial charge in [0.15, 0.2) is 0 Å². The number of nitrogens with two attached hydrogens (primary N) is 1. The summed E-state index contributed by atoms with van der Waals surface area (Å²) in [5.74, 6) is 0. The van der Waals surface area contributed by atoms with Gasteiger partial charge in [0.05, 0.1) is 0 Å². The summed E-state index contributed by atoms with van der Waals surface area (Å²) in [6, 6.07) is 8.46. The van der Waals surface area contributed by atoms with Gasteiger partial charge in [-0.15, -0.1) is 12.4 Å². The summed E-state index contributed by atoms with van der Waals surface area (Å²) in [6.45, 7) is 2.15. The first-order valence-corrected chi connectivity index (χ1v) is 5.61. The normalized spacial score (nSPS) is 21.1. The summed E-state index contributed by atoms with van der Waals surface area (Å²) in [5, 5.41) is 5.96. The Hall–Kier alpha value is -0.990. The minimum absolute atomic E-state index is 0. The molecule has 1 saturated heterocycles. The monoisotopic (exact) mass is 236 g/mol. The molecule has 0 saturated carbocycles. The topological polar surface area (TPSA) is 38.0 Å². The molecule has 1 fully saturated rings. The van der Waals surface area contributed by atoms with Crippen LogP contribution in [0.15, 0.2) is 24.3 Å². The highest BCUT2D eigenvalue weighted by molar-refractivity contribution is 5.85. The zero-order valence-electron chi connectivity index (χ0n) is 9.20. The molecule has 2 nitrogen and oxygen atoms in total. The number of rotatable bonds is 0. The minimum Gasteiger partial charge on any atom is -0.401 e. The summed E-state index contributed by atoms with van der Waals surface area (Å²) < 4.78 is 0. The van der Waals surface area contributed by atoms with Crippen molar-refractivity contribution in [1.82, 2.24) is 5.32 Å². The molecule has 0 bridgehead atoms. The van der Waals surface area contributed by atoms with Gasteiger partial charge in [-0.1, -0.05) is 30.3 Å². The Morgan fingerprint density at radius 3 is 2.50 bits per heavy atom. The van der Waals surface area contributed by atoms with Crippen molar-refractivity contribution in [3.8, 4) is 0 Å². The van der Waals surface area contributed by atoms with Gasteiger partial charge >= 0.3 is 0 Å². The Morgan fingerprint density at radius 2 is 1.81 bits per heavy atom. The van der Waals surface area contributed by atoms with E-state index in [0.29, 0.717) is 0 Å². The fourth-order valence-corrected chi connectivity index (χ4v) is 2.80. The van der Waals surface area contributed by atoms with E-state index in [2.05, 4.69) is 35.7 Å². The Kier molecular flexibility index (Phi) is 2.96. The van der Waals surface area contributed by atoms with Crippen LogP contribution < -0.4 is 21.5 Å². The Morgan fingerprint density at radius 1 is 1.12 bits per heavy atom. The average Bonchev–Trinajstić information content (AvgIpc) is 2.54. The Balaban J connectivity index is 0.000000963. The van der Waals surface area contributed by atoms with Gasteiger partial charge in [-0.05, 0) is 31.1 Å². The highest BCUT2D eigenvalue weighted by Crippen LogP contribution is 2.37. The zero-order chi connectivity index (χ0) is 10.3. The lowest BCUT2D eigenvalue weighted by molar-refractivity contribution is 0.374. The lowest BCUT2D eigenvalue weighted by atomic mass is 9.78. The van der Waals surface area contributed by atoms with Crippen LogP contribution in [0.3, 0.4) is 0 Å². The van der Waals surface area contributed by atoms with Crippen LogP contribution in [0, 0.1) is 5.41 Å². The molecular weight excluding hydrogens is 220 g/mol. The number of benzene rings is 1. The third kappa shape index (κ3) is 1.53. The highest BCUT2D eigenvalue weighted by atomic mass is 35.5. The van der Waals surface area contributed by atoms with Gasteiger partial charge in [-0.2, -0.15) is 0 Å². The van der Waals surface area contributed by atoms with Crippen molar-refractivity contribution < 1.29 is 0 Å². The first kappa shape index (κ1) is 11.5. The summed E-state index contributed by atoms with van der Waals surface area (Å²) in [4.78, 5) is 0. The largest absolute Gasteiger partial charge is 0.401 e. The quantitative estimate of drug-likeness (QED) is 0.682. The molecule has 16 heavy (non-hydrogen) atoms. The molecule has 3 rings (SSSR count). The first-order chi connectivity index (χ1) is 7.32. The zero-order valence-corrected chi connectivity index (χ0v) is 10.0. The minimum atomic E-state index is 0. The molecule has 0 radical (unpaired) electrons. The second kappa shape index (κ2) is 4.11.